The second-order valence-electron chi connectivity index (χ2n) is 5.18. The molecule has 3 heteroatoms. The van der Waals surface area contributed by atoms with Crippen molar-refractivity contribution >= 4 is 5.91 Å². The van der Waals surface area contributed by atoms with Crippen molar-refractivity contribution in [3.63, 3.8) is 0 Å². The fourth-order valence-corrected chi connectivity index (χ4v) is 2.47. The average Bonchev–Trinajstić information content (AvgIpc) is 2.54. The molecule has 1 aliphatic rings. The van der Waals surface area contributed by atoms with Gasteiger partial charge in [0.1, 0.15) is 0 Å². The molecule has 1 heterocycles. The van der Waals surface area contributed by atoms with Crippen LogP contribution in [0.1, 0.15) is 19.4 Å². The van der Waals surface area contributed by atoms with E-state index in [9.17, 15) is 4.79 Å². The van der Waals surface area contributed by atoms with E-state index < -0.39 is 0 Å². The molecular formula is C15H20N2O. The zero-order valence-electron chi connectivity index (χ0n) is 11.0. The number of hydrogen-bond acceptors (Lipinski definition) is 2. The van der Waals surface area contributed by atoms with Gasteiger partial charge in [-0.25, -0.2) is 0 Å². The maximum absolute atomic E-state index is 12.3. The van der Waals surface area contributed by atoms with E-state index in [1.165, 1.54) is 5.56 Å². The Balaban J connectivity index is 2.12. The van der Waals surface area contributed by atoms with Crippen molar-refractivity contribution in [3.8, 4) is 0 Å². The van der Waals surface area contributed by atoms with E-state index in [0.29, 0.717) is 6.54 Å². The SMILES string of the molecule is C=CCN1C(=O)C(Cc2ccccc2)NC1(C)C. The van der Waals surface area contributed by atoms with Gasteiger partial charge in [-0.05, 0) is 25.8 Å². The first-order valence-corrected chi connectivity index (χ1v) is 6.28. The Labute approximate surface area is 108 Å². The van der Waals surface area contributed by atoms with Crippen LogP contribution in [0.15, 0.2) is 43.0 Å². The summed E-state index contributed by atoms with van der Waals surface area (Å²) in [5.74, 6) is 0.156. The molecule has 18 heavy (non-hydrogen) atoms. The lowest BCUT2D eigenvalue weighted by molar-refractivity contribution is -0.130. The Hall–Kier alpha value is -1.61. The van der Waals surface area contributed by atoms with Gasteiger partial charge in [0, 0.05) is 6.54 Å². The monoisotopic (exact) mass is 244 g/mol. The highest BCUT2D eigenvalue weighted by Gasteiger charge is 2.43. The molecule has 0 aromatic heterocycles. The molecule has 1 fully saturated rings. The minimum atomic E-state index is -0.301. The van der Waals surface area contributed by atoms with Crippen LogP contribution in [0, 0.1) is 0 Å². The molecule has 1 aliphatic heterocycles. The number of nitrogens with one attached hydrogen (secondary N) is 1. The van der Waals surface area contributed by atoms with Gasteiger partial charge in [-0.3, -0.25) is 10.1 Å². The summed E-state index contributed by atoms with van der Waals surface area (Å²) in [7, 11) is 0. The molecule has 0 radical (unpaired) electrons. The van der Waals surface area contributed by atoms with Gasteiger partial charge in [0.05, 0.1) is 11.7 Å². The summed E-state index contributed by atoms with van der Waals surface area (Å²) < 4.78 is 0. The Bertz CT molecular complexity index is 439. The third-order valence-electron chi connectivity index (χ3n) is 3.36. The molecule has 0 spiro atoms. The zero-order valence-corrected chi connectivity index (χ0v) is 11.0. The lowest BCUT2D eigenvalue weighted by Crippen LogP contribution is -2.47. The molecule has 0 bridgehead atoms. The van der Waals surface area contributed by atoms with E-state index in [1.807, 2.05) is 36.9 Å². The summed E-state index contributed by atoms with van der Waals surface area (Å²) in [5, 5.41) is 3.39. The second kappa shape index (κ2) is 4.94. The predicted molar refractivity (Wildman–Crippen MR) is 73.1 cm³/mol. The fourth-order valence-electron chi connectivity index (χ4n) is 2.47. The molecule has 1 N–H and O–H groups in total. The van der Waals surface area contributed by atoms with Crippen LogP contribution in [0.4, 0.5) is 0 Å². The van der Waals surface area contributed by atoms with Gasteiger partial charge in [-0.15, -0.1) is 6.58 Å². The third kappa shape index (κ3) is 2.46. The lowest BCUT2D eigenvalue weighted by atomic mass is 10.1. The molecule has 1 unspecified atom stereocenters. The molecule has 1 saturated heterocycles. The average molecular weight is 244 g/mol. The molecule has 0 saturated carbocycles. The van der Waals surface area contributed by atoms with Crippen LogP contribution in [0.2, 0.25) is 0 Å². The normalized spacial score (nSPS) is 22.2. The first-order valence-electron chi connectivity index (χ1n) is 6.28. The Morgan fingerprint density at radius 2 is 2.06 bits per heavy atom. The van der Waals surface area contributed by atoms with Crippen LogP contribution >= 0.6 is 0 Å². The molecule has 2 rings (SSSR count). The van der Waals surface area contributed by atoms with E-state index >= 15 is 0 Å². The van der Waals surface area contributed by atoms with Crippen molar-refractivity contribution < 1.29 is 4.79 Å². The molecule has 0 aliphatic carbocycles. The summed E-state index contributed by atoms with van der Waals surface area (Å²) in [6, 6.07) is 9.96. The van der Waals surface area contributed by atoms with Crippen molar-refractivity contribution in [2.75, 3.05) is 6.54 Å². The first-order chi connectivity index (χ1) is 8.54. The molecule has 1 aromatic rings. The van der Waals surface area contributed by atoms with Crippen molar-refractivity contribution in [1.29, 1.82) is 0 Å². The molecule has 1 aromatic carbocycles. The summed E-state index contributed by atoms with van der Waals surface area (Å²) in [4.78, 5) is 14.2. The van der Waals surface area contributed by atoms with Gasteiger partial charge in [-0.1, -0.05) is 36.4 Å². The van der Waals surface area contributed by atoms with Crippen molar-refractivity contribution in [3.05, 3.63) is 48.6 Å². The number of carbonyl (C=O) groups excluding carboxylic acids is 1. The third-order valence-corrected chi connectivity index (χ3v) is 3.36. The van der Waals surface area contributed by atoms with Gasteiger partial charge in [0.15, 0.2) is 0 Å². The van der Waals surface area contributed by atoms with Gasteiger partial charge < -0.3 is 4.90 Å². The van der Waals surface area contributed by atoms with Crippen LogP contribution in [0.5, 0.6) is 0 Å². The standard InChI is InChI=1S/C15H20N2O/c1-4-10-17-14(18)13(16-15(17,2)3)11-12-8-6-5-7-9-12/h4-9,13,16H,1,10-11H2,2-3H3. The highest BCUT2D eigenvalue weighted by Crippen LogP contribution is 2.22. The highest BCUT2D eigenvalue weighted by atomic mass is 16.2. The van der Waals surface area contributed by atoms with Gasteiger partial charge in [-0.2, -0.15) is 0 Å². The minimum absolute atomic E-state index is 0.137. The quantitative estimate of drug-likeness (QED) is 0.821. The second-order valence-corrected chi connectivity index (χ2v) is 5.18. The van der Waals surface area contributed by atoms with Crippen LogP contribution in [-0.2, 0) is 11.2 Å². The summed E-state index contributed by atoms with van der Waals surface area (Å²) in [6.45, 7) is 8.35. The smallest absolute Gasteiger partial charge is 0.241 e. The van der Waals surface area contributed by atoms with Crippen molar-refractivity contribution in [2.24, 2.45) is 0 Å². The van der Waals surface area contributed by atoms with E-state index in [0.717, 1.165) is 6.42 Å². The van der Waals surface area contributed by atoms with Crippen LogP contribution in [-0.4, -0.2) is 29.1 Å². The Morgan fingerprint density at radius 3 is 2.67 bits per heavy atom. The van der Waals surface area contributed by atoms with Crippen LogP contribution in [0.25, 0.3) is 0 Å². The molecule has 1 amide bonds. The fraction of sp³-hybridized carbons (Fsp3) is 0.400. The van der Waals surface area contributed by atoms with Gasteiger partial charge in [0.25, 0.3) is 0 Å². The lowest BCUT2D eigenvalue weighted by Gasteiger charge is -2.30. The first kappa shape index (κ1) is 12.8. The van der Waals surface area contributed by atoms with E-state index in [2.05, 4.69) is 24.0 Å². The Morgan fingerprint density at radius 1 is 1.39 bits per heavy atom. The molecule has 1 atom stereocenters. The van der Waals surface area contributed by atoms with Gasteiger partial charge >= 0.3 is 0 Å². The zero-order chi connectivity index (χ0) is 13.2. The summed E-state index contributed by atoms with van der Waals surface area (Å²) >= 11 is 0. The number of benzene rings is 1. The van der Waals surface area contributed by atoms with E-state index in [4.69, 9.17) is 0 Å². The minimum Gasteiger partial charge on any atom is -0.320 e. The largest absolute Gasteiger partial charge is 0.320 e. The van der Waals surface area contributed by atoms with Crippen molar-refractivity contribution in [2.45, 2.75) is 32.0 Å². The van der Waals surface area contributed by atoms with E-state index in [1.54, 1.807) is 6.08 Å². The summed E-state index contributed by atoms with van der Waals surface area (Å²) in [5.41, 5.74) is 0.879. The molecule has 3 nitrogen and oxygen atoms in total. The molecule has 96 valence electrons. The number of carbonyl (C=O) groups is 1. The van der Waals surface area contributed by atoms with Gasteiger partial charge in [0.2, 0.25) is 5.91 Å². The highest BCUT2D eigenvalue weighted by molar-refractivity contribution is 5.85. The number of rotatable bonds is 4. The van der Waals surface area contributed by atoms with Crippen LogP contribution < -0.4 is 5.32 Å². The topological polar surface area (TPSA) is 32.3 Å². The number of amides is 1. The number of hydrogen-bond donors (Lipinski definition) is 1. The van der Waals surface area contributed by atoms with Crippen molar-refractivity contribution in [1.82, 2.24) is 10.2 Å². The Kier molecular flexibility index (Phi) is 3.53. The summed E-state index contributed by atoms with van der Waals surface area (Å²) in [6.07, 6.45) is 2.50. The maximum atomic E-state index is 12.3. The van der Waals surface area contributed by atoms with Crippen LogP contribution in [0.3, 0.4) is 0 Å². The number of nitrogens with zero attached hydrogens (tertiary/aromatic N) is 1. The predicted octanol–water partition coefficient (Wildman–Crippen LogP) is 1.95. The van der Waals surface area contributed by atoms with E-state index in [-0.39, 0.29) is 17.6 Å². The maximum Gasteiger partial charge on any atom is 0.241 e. The molecular weight excluding hydrogens is 224 g/mol.